The zero-order valence-electron chi connectivity index (χ0n) is 26.6. The van der Waals surface area contributed by atoms with Gasteiger partial charge in [0.25, 0.3) is 0 Å². The molecule has 0 radical (unpaired) electrons. The topological polar surface area (TPSA) is 43.6 Å². The molecular weight excluding hydrogens is 597 g/mol. The molecule has 9 rings (SSSR count). The Morgan fingerprint density at radius 3 is 1.55 bits per heavy atom. The third kappa shape index (κ3) is 5.35. The summed E-state index contributed by atoms with van der Waals surface area (Å²) in [6.45, 7) is 0. The minimum Gasteiger partial charge on any atom is -0.309 e. The first kappa shape index (κ1) is 28.6. The Hall–Kier alpha value is -6.65. The third-order valence-electron chi connectivity index (χ3n) is 9.13. The monoisotopic (exact) mass is 626 g/mol. The van der Waals surface area contributed by atoms with Crippen molar-refractivity contribution in [1.29, 1.82) is 0 Å². The van der Waals surface area contributed by atoms with Crippen molar-refractivity contribution in [3.05, 3.63) is 182 Å². The fourth-order valence-corrected chi connectivity index (χ4v) is 6.69. The number of hydrogen-bond acceptors (Lipinski definition) is 3. The summed E-state index contributed by atoms with van der Waals surface area (Å²) in [5.41, 5.74) is 12.7. The predicted molar refractivity (Wildman–Crippen MR) is 201 cm³/mol. The van der Waals surface area contributed by atoms with Crippen LogP contribution in [0.5, 0.6) is 0 Å². The summed E-state index contributed by atoms with van der Waals surface area (Å²) < 4.78 is 2.34. The summed E-state index contributed by atoms with van der Waals surface area (Å²) in [6, 6.07) is 59.5. The van der Waals surface area contributed by atoms with E-state index in [9.17, 15) is 0 Å². The number of rotatable bonds is 6. The molecule has 230 valence electrons. The van der Waals surface area contributed by atoms with Gasteiger partial charge >= 0.3 is 0 Å². The average Bonchev–Trinajstić information content (AvgIpc) is 3.53. The van der Waals surface area contributed by atoms with Gasteiger partial charge in [0.1, 0.15) is 0 Å². The van der Waals surface area contributed by atoms with E-state index in [1.807, 2.05) is 18.3 Å². The Morgan fingerprint density at radius 2 is 0.898 bits per heavy atom. The van der Waals surface area contributed by atoms with Gasteiger partial charge < -0.3 is 4.57 Å². The number of fused-ring (bicyclic) bond motifs is 3. The van der Waals surface area contributed by atoms with Gasteiger partial charge in [-0.15, -0.1) is 0 Å². The van der Waals surface area contributed by atoms with Crippen molar-refractivity contribution in [3.8, 4) is 61.8 Å². The molecule has 0 aliphatic heterocycles. The molecule has 49 heavy (non-hydrogen) atoms. The molecule has 6 aromatic carbocycles. The third-order valence-corrected chi connectivity index (χ3v) is 9.13. The number of pyridine rings is 1. The van der Waals surface area contributed by atoms with E-state index < -0.39 is 0 Å². The lowest BCUT2D eigenvalue weighted by molar-refractivity contribution is 1.17. The SMILES string of the molecule is c1ccc(-c2cccc(-c3nc(-c4ccc(-c5cccnc5)cc4)cc(-c4ccc(-n5c6ccccc6c6ccccc65)cc4)n3)c2)cc1. The van der Waals surface area contributed by atoms with Crippen molar-refractivity contribution < 1.29 is 0 Å². The van der Waals surface area contributed by atoms with Gasteiger partial charge in [-0.05, 0) is 64.7 Å². The van der Waals surface area contributed by atoms with Crippen LogP contribution in [0.1, 0.15) is 0 Å². The molecule has 0 saturated carbocycles. The normalized spacial score (nSPS) is 11.3. The van der Waals surface area contributed by atoms with Crippen molar-refractivity contribution in [3.63, 3.8) is 0 Å². The Bertz CT molecular complexity index is 2520. The molecule has 0 amide bonds. The van der Waals surface area contributed by atoms with E-state index in [4.69, 9.17) is 9.97 Å². The zero-order valence-corrected chi connectivity index (χ0v) is 26.6. The number of para-hydroxylation sites is 2. The maximum absolute atomic E-state index is 5.17. The van der Waals surface area contributed by atoms with E-state index in [2.05, 4.69) is 167 Å². The van der Waals surface area contributed by atoms with Gasteiger partial charge in [-0.1, -0.05) is 127 Å². The molecule has 0 N–H and O–H groups in total. The molecule has 4 nitrogen and oxygen atoms in total. The average molecular weight is 627 g/mol. The van der Waals surface area contributed by atoms with Crippen LogP contribution >= 0.6 is 0 Å². The molecule has 0 spiro atoms. The molecule has 0 unspecified atom stereocenters. The Kier molecular flexibility index (Phi) is 7.10. The molecule has 3 aromatic heterocycles. The first-order valence-electron chi connectivity index (χ1n) is 16.4. The maximum atomic E-state index is 5.17. The van der Waals surface area contributed by atoms with Crippen molar-refractivity contribution >= 4 is 21.8 Å². The lowest BCUT2D eigenvalue weighted by Crippen LogP contribution is -1.97. The van der Waals surface area contributed by atoms with Crippen LogP contribution in [-0.2, 0) is 0 Å². The van der Waals surface area contributed by atoms with Gasteiger partial charge in [0.05, 0.1) is 22.4 Å². The minimum absolute atomic E-state index is 0.688. The highest BCUT2D eigenvalue weighted by atomic mass is 15.0. The van der Waals surface area contributed by atoms with E-state index >= 15 is 0 Å². The van der Waals surface area contributed by atoms with Crippen molar-refractivity contribution in [2.24, 2.45) is 0 Å². The molecule has 0 saturated heterocycles. The van der Waals surface area contributed by atoms with Crippen molar-refractivity contribution in [1.82, 2.24) is 19.5 Å². The number of nitrogens with zero attached hydrogens (tertiary/aromatic N) is 4. The second-order valence-electron chi connectivity index (χ2n) is 12.1. The van der Waals surface area contributed by atoms with Gasteiger partial charge in [0.2, 0.25) is 0 Å². The molecule has 4 heteroatoms. The van der Waals surface area contributed by atoms with Crippen molar-refractivity contribution in [2.45, 2.75) is 0 Å². The molecular formula is C45H30N4. The largest absolute Gasteiger partial charge is 0.309 e. The lowest BCUT2D eigenvalue weighted by Gasteiger charge is -2.12. The molecule has 9 aromatic rings. The second kappa shape index (κ2) is 12.2. The molecule has 0 fully saturated rings. The van der Waals surface area contributed by atoms with Crippen LogP contribution in [-0.4, -0.2) is 19.5 Å². The summed E-state index contributed by atoms with van der Waals surface area (Å²) in [7, 11) is 0. The van der Waals surface area contributed by atoms with Crippen LogP contribution in [0.2, 0.25) is 0 Å². The van der Waals surface area contributed by atoms with Crippen molar-refractivity contribution in [2.75, 3.05) is 0 Å². The van der Waals surface area contributed by atoms with Crippen LogP contribution in [0.3, 0.4) is 0 Å². The summed E-state index contributed by atoms with van der Waals surface area (Å²) in [5.74, 6) is 0.688. The minimum atomic E-state index is 0.688. The molecule has 0 atom stereocenters. The predicted octanol–water partition coefficient (Wildman–Crippen LogP) is 11.3. The Balaban J connectivity index is 1.16. The van der Waals surface area contributed by atoms with E-state index in [1.165, 1.54) is 21.8 Å². The summed E-state index contributed by atoms with van der Waals surface area (Å²) in [4.78, 5) is 14.6. The van der Waals surface area contributed by atoms with Gasteiger partial charge in [-0.2, -0.15) is 0 Å². The van der Waals surface area contributed by atoms with Gasteiger partial charge in [0, 0.05) is 45.5 Å². The highest BCUT2D eigenvalue weighted by molar-refractivity contribution is 6.09. The van der Waals surface area contributed by atoms with Crippen LogP contribution in [0.15, 0.2) is 182 Å². The van der Waals surface area contributed by atoms with Crippen LogP contribution < -0.4 is 0 Å². The van der Waals surface area contributed by atoms with E-state index in [1.54, 1.807) is 6.20 Å². The van der Waals surface area contributed by atoms with Gasteiger partial charge in [-0.3, -0.25) is 4.98 Å². The summed E-state index contributed by atoms with van der Waals surface area (Å²) in [6.07, 6.45) is 3.68. The Morgan fingerprint density at radius 1 is 0.367 bits per heavy atom. The summed E-state index contributed by atoms with van der Waals surface area (Å²) >= 11 is 0. The molecule has 3 heterocycles. The quantitative estimate of drug-likeness (QED) is 0.184. The van der Waals surface area contributed by atoms with E-state index in [0.717, 1.165) is 56.0 Å². The standard InChI is InChI=1S/C45H30N4/c1-2-10-31(11-3-1)35-12-8-13-36(28-35)45-47-41(33-21-19-32(20-22-33)37-14-9-27-46-30-37)29-42(48-45)34-23-25-38(26-24-34)49-43-17-6-4-15-39(43)40-16-5-7-18-44(40)49/h1-30H. The first-order valence-corrected chi connectivity index (χ1v) is 16.4. The maximum Gasteiger partial charge on any atom is 0.160 e. The Labute approximate surface area is 284 Å². The van der Waals surface area contributed by atoms with E-state index in [0.29, 0.717) is 5.82 Å². The number of hydrogen-bond donors (Lipinski definition) is 0. The van der Waals surface area contributed by atoms with Crippen LogP contribution in [0.4, 0.5) is 0 Å². The lowest BCUT2D eigenvalue weighted by atomic mass is 10.0. The highest BCUT2D eigenvalue weighted by Crippen LogP contribution is 2.34. The van der Waals surface area contributed by atoms with Crippen LogP contribution in [0, 0.1) is 0 Å². The molecule has 0 bridgehead atoms. The zero-order chi connectivity index (χ0) is 32.6. The number of aromatic nitrogens is 4. The molecule has 0 aliphatic rings. The van der Waals surface area contributed by atoms with E-state index in [-0.39, 0.29) is 0 Å². The van der Waals surface area contributed by atoms with Crippen LogP contribution in [0.25, 0.3) is 83.6 Å². The van der Waals surface area contributed by atoms with Gasteiger partial charge in [0.15, 0.2) is 5.82 Å². The smallest absolute Gasteiger partial charge is 0.160 e. The fraction of sp³-hybridized carbons (Fsp3) is 0. The van der Waals surface area contributed by atoms with Gasteiger partial charge in [-0.25, -0.2) is 9.97 Å². The fourth-order valence-electron chi connectivity index (χ4n) is 6.69. The highest BCUT2D eigenvalue weighted by Gasteiger charge is 2.14. The number of benzene rings is 6. The summed E-state index contributed by atoms with van der Waals surface area (Å²) in [5, 5.41) is 2.50. The second-order valence-corrected chi connectivity index (χ2v) is 12.1. The molecule has 0 aliphatic carbocycles. The first-order chi connectivity index (χ1) is 24.3.